The van der Waals surface area contributed by atoms with Crippen molar-refractivity contribution in [2.24, 2.45) is 5.92 Å². The number of Topliss-reactive ketones (excluding diaryl/α,β-unsaturated/α-hetero) is 1. The molecule has 1 unspecified atom stereocenters. The Morgan fingerprint density at radius 1 is 1.09 bits per heavy atom. The number of aliphatic hydroxyl groups excluding tert-OH is 1. The van der Waals surface area contributed by atoms with Gasteiger partial charge in [0.1, 0.15) is 29.2 Å². The number of carbonyl (C=O) groups excluding carboxylic acids is 2. The molecule has 2 aromatic carbocycles. The van der Waals surface area contributed by atoms with E-state index in [-0.39, 0.29) is 16.8 Å². The maximum absolute atomic E-state index is 14.7. The average Bonchev–Trinajstić information content (AvgIpc) is 3.10. The van der Waals surface area contributed by atoms with Crippen molar-refractivity contribution in [3.8, 4) is 5.75 Å². The molecule has 1 amide bonds. The van der Waals surface area contributed by atoms with Gasteiger partial charge < -0.3 is 9.84 Å². The monoisotopic (exact) mass is 464 g/mol. The molecule has 0 radical (unpaired) electrons. The van der Waals surface area contributed by atoms with E-state index in [1.807, 2.05) is 13.8 Å². The van der Waals surface area contributed by atoms with Crippen molar-refractivity contribution in [2.45, 2.75) is 19.9 Å². The molecule has 3 aromatic rings. The van der Waals surface area contributed by atoms with Crippen LogP contribution in [0, 0.1) is 17.6 Å². The number of anilines is 1. The summed E-state index contributed by atoms with van der Waals surface area (Å²) in [4.78, 5) is 31.1. The predicted molar refractivity (Wildman–Crippen MR) is 122 cm³/mol. The van der Waals surface area contributed by atoms with Gasteiger partial charge in [0.25, 0.3) is 11.7 Å². The van der Waals surface area contributed by atoms with Gasteiger partial charge in [-0.3, -0.25) is 19.5 Å². The highest BCUT2D eigenvalue weighted by Crippen LogP contribution is 2.42. The minimum absolute atomic E-state index is 0.212. The van der Waals surface area contributed by atoms with E-state index in [9.17, 15) is 23.5 Å². The third-order valence-corrected chi connectivity index (χ3v) is 5.29. The summed E-state index contributed by atoms with van der Waals surface area (Å²) in [6, 6.07) is 12.5. The van der Waals surface area contributed by atoms with Crippen molar-refractivity contribution in [2.75, 3.05) is 11.5 Å². The van der Waals surface area contributed by atoms with Crippen molar-refractivity contribution in [1.82, 2.24) is 4.98 Å². The van der Waals surface area contributed by atoms with Crippen LogP contribution in [0.2, 0.25) is 0 Å². The normalized spacial score (nSPS) is 17.4. The number of benzene rings is 2. The molecule has 1 aromatic heterocycles. The molecule has 8 heteroatoms. The first kappa shape index (κ1) is 23.1. The van der Waals surface area contributed by atoms with Crippen molar-refractivity contribution >= 4 is 23.1 Å². The lowest BCUT2D eigenvalue weighted by Crippen LogP contribution is -2.30. The van der Waals surface area contributed by atoms with Gasteiger partial charge >= 0.3 is 0 Å². The summed E-state index contributed by atoms with van der Waals surface area (Å²) in [5.74, 6) is -3.36. The lowest BCUT2D eigenvalue weighted by molar-refractivity contribution is -0.132. The molecule has 1 atom stereocenters. The Bertz CT molecular complexity index is 1260. The Morgan fingerprint density at radius 3 is 2.47 bits per heavy atom. The van der Waals surface area contributed by atoms with Gasteiger partial charge in [-0.25, -0.2) is 8.78 Å². The van der Waals surface area contributed by atoms with Crippen LogP contribution in [-0.4, -0.2) is 28.4 Å². The number of aromatic nitrogens is 1. The molecule has 1 aliphatic heterocycles. The standard InChI is InChI=1S/C26H22F2N2O4/c1-15(2)14-34-18-9-6-16(7-10-18)24(31)22-23(20-5-3-4-12-29-20)30(26(33)25(22)32)21-13-17(27)8-11-19(21)28/h3-13,15,23,31H,14H2,1-2H3/b24-22+. The van der Waals surface area contributed by atoms with Gasteiger partial charge in [0, 0.05) is 17.8 Å². The summed E-state index contributed by atoms with van der Waals surface area (Å²) >= 11 is 0. The molecule has 1 fully saturated rings. The van der Waals surface area contributed by atoms with Crippen LogP contribution in [0.15, 0.2) is 72.4 Å². The fourth-order valence-electron chi connectivity index (χ4n) is 3.70. The fourth-order valence-corrected chi connectivity index (χ4v) is 3.70. The second-order valence-electron chi connectivity index (χ2n) is 8.25. The van der Waals surface area contributed by atoms with Gasteiger partial charge in [-0.05, 0) is 54.4 Å². The van der Waals surface area contributed by atoms with Crippen molar-refractivity contribution in [3.05, 3.63) is 95.3 Å². The molecule has 1 aliphatic rings. The molecular formula is C26H22F2N2O4. The zero-order chi connectivity index (χ0) is 24.4. The number of hydrogen-bond acceptors (Lipinski definition) is 5. The molecule has 4 rings (SSSR count). The molecule has 1 N–H and O–H groups in total. The minimum atomic E-state index is -1.26. The Labute approximate surface area is 195 Å². The van der Waals surface area contributed by atoms with Crippen LogP contribution in [0.1, 0.15) is 31.1 Å². The largest absolute Gasteiger partial charge is 0.507 e. The Kier molecular flexibility index (Phi) is 6.40. The molecule has 0 spiro atoms. The third kappa shape index (κ3) is 4.39. The predicted octanol–water partition coefficient (Wildman–Crippen LogP) is 5.02. The van der Waals surface area contributed by atoms with Crippen molar-refractivity contribution < 1.29 is 28.2 Å². The van der Waals surface area contributed by atoms with E-state index in [4.69, 9.17) is 4.74 Å². The molecule has 2 heterocycles. The number of carbonyl (C=O) groups is 2. The highest BCUT2D eigenvalue weighted by Gasteiger charge is 2.48. The summed E-state index contributed by atoms with van der Waals surface area (Å²) < 4.78 is 34.2. The number of halogens is 2. The first-order valence-electron chi connectivity index (χ1n) is 10.7. The first-order chi connectivity index (χ1) is 16.3. The SMILES string of the molecule is CC(C)COc1ccc(/C(O)=C2\C(=O)C(=O)N(c3cc(F)ccc3F)C2c2ccccn2)cc1. The van der Waals surface area contributed by atoms with Gasteiger partial charge in [-0.1, -0.05) is 19.9 Å². The number of ether oxygens (including phenoxy) is 1. The molecular weight excluding hydrogens is 442 g/mol. The molecule has 6 nitrogen and oxygen atoms in total. The van der Waals surface area contributed by atoms with Crippen LogP contribution in [0.5, 0.6) is 5.75 Å². The summed E-state index contributed by atoms with van der Waals surface area (Å²) in [7, 11) is 0. The van der Waals surface area contributed by atoms with Gasteiger partial charge in [0.05, 0.1) is 23.6 Å². The maximum Gasteiger partial charge on any atom is 0.300 e. The van der Waals surface area contributed by atoms with Gasteiger partial charge in [-0.15, -0.1) is 0 Å². The van der Waals surface area contributed by atoms with Crippen LogP contribution in [-0.2, 0) is 9.59 Å². The molecule has 174 valence electrons. The lowest BCUT2D eigenvalue weighted by Gasteiger charge is -2.25. The van der Waals surface area contributed by atoms with Crippen LogP contribution in [0.25, 0.3) is 5.76 Å². The quantitative estimate of drug-likeness (QED) is 0.315. The molecule has 0 aliphatic carbocycles. The molecule has 0 bridgehead atoms. The Hall–Kier alpha value is -4.07. The number of pyridine rings is 1. The summed E-state index contributed by atoms with van der Waals surface area (Å²) in [5.41, 5.74) is -0.225. The average molecular weight is 464 g/mol. The fraction of sp³-hybridized carbons (Fsp3) is 0.192. The number of aliphatic hydroxyl groups is 1. The maximum atomic E-state index is 14.7. The summed E-state index contributed by atoms with van der Waals surface area (Å²) in [6.45, 7) is 4.53. The third-order valence-electron chi connectivity index (χ3n) is 5.29. The number of nitrogens with zero attached hydrogens (tertiary/aromatic N) is 2. The minimum Gasteiger partial charge on any atom is -0.507 e. The lowest BCUT2D eigenvalue weighted by atomic mass is 9.98. The second-order valence-corrected chi connectivity index (χ2v) is 8.25. The van der Waals surface area contributed by atoms with Gasteiger partial charge in [-0.2, -0.15) is 0 Å². The zero-order valence-corrected chi connectivity index (χ0v) is 18.5. The van der Waals surface area contributed by atoms with E-state index in [1.165, 1.54) is 12.3 Å². The van der Waals surface area contributed by atoms with Gasteiger partial charge in [0.2, 0.25) is 0 Å². The highest BCUT2D eigenvalue weighted by atomic mass is 19.1. The summed E-state index contributed by atoms with van der Waals surface area (Å²) in [5, 5.41) is 11.1. The van der Waals surface area contributed by atoms with Crippen LogP contribution >= 0.6 is 0 Å². The van der Waals surface area contributed by atoms with Crippen LogP contribution in [0.4, 0.5) is 14.5 Å². The topological polar surface area (TPSA) is 79.7 Å². The highest BCUT2D eigenvalue weighted by molar-refractivity contribution is 6.51. The number of amides is 1. The van der Waals surface area contributed by atoms with Crippen molar-refractivity contribution in [3.63, 3.8) is 0 Å². The van der Waals surface area contributed by atoms with Crippen LogP contribution in [0.3, 0.4) is 0 Å². The second kappa shape index (κ2) is 9.43. The smallest absolute Gasteiger partial charge is 0.300 e. The van der Waals surface area contributed by atoms with Gasteiger partial charge in [0.15, 0.2) is 0 Å². The van der Waals surface area contributed by atoms with E-state index in [0.717, 1.165) is 23.1 Å². The zero-order valence-electron chi connectivity index (χ0n) is 18.5. The van der Waals surface area contributed by atoms with E-state index in [0.29, 0.717) is 18.3 Å². The number of ketones is 1. The Morgan fingerprint density at radius 2 is 1.82 bits per heavy atom. The first-order valence-corrected chi connectivity index (χ1v) is 10.7. The molecule has 1 saturated heterocycles. The Balaban J connectivity index is 1.83. The van der Waals surface area contributed by atoms with E-state index in [1.54, 1.807) is 36.4 Å². The van der Waals surface area contributed by atoms with E-state index in [2.05, 4.69) is 4.98 Å². The summed E-state index contributed by atoms with van der Waals surface area (Å²) in [6.07, 6.45) is 1.44. The van der Waals surface area contributed by atoms with Crippen LogP contribution < -0.4 is 9.64 Å². The molecule has 0 saturated carbocycles. The van der Waals surface area contributed by atoms with Crippen molar-refractivity contribution in [1.29, 1.82) is 0 Å². The van der Waals surface area contributed by atoms with E-state index >= 15 is 0 Å². The van der Waals surface area contributed by atoms with E-state index < -0.39 is 40.8 Å². The number of rotatable bonds is 6. The molecule has 34 heavy (non-hydrogen) atoms. The number of hydrogen-bond donors (Lipinski definition) is 1.